The topological polar surface area (TPSA) is 72.6 Å². The predicted octanol–water partition coefficient (Wildman–Crippen LogP) is 0.866. The molecule has 0 saturated heterocycles. The Balaban J connectivity index is 1.75. The van der Waals surface area contributed by atoms with Gasteiger partial charge in [-0.1, -0.05) is 0 Å². The molecule has 2 N–H and O–H groups in total. The molecule has 1 aliphatic rings. The van der Waals surface area contributed by atoms with Crippen LogP contribution in [-0.4, -0.2) is 48.0 Å². The number of carbonyl (C=O) groups is 2. The molecule has 0 aromatic carbocycles. The van der Waals surface area contributed by atoms with Gasteiger partial charge in [0.05, 0.1) is 12.9 Å². The van der Waals surface area contributed by atoms with E-state index in [-0.39, 0.29) is 5.91 Å². The van der Waals surface area contributed by atoms with Crippen molar-refractivity contribution in [2.75, 3.05) is 25.2 Å². The zero-order valence-corrected chi connectivity index (χ0v) is 13.0. The summed E-state index contributed by atoms with van der Waals surface area (Å²) in [6, 6.07) is 1.42. The SMILES string of the molecule is COC(=O)C(N)CSCC(=O)N1CCc2sccc2C1. The van der Waals surface area contributed by atoms with E-state index in [0.29, 0.717) is 18.1 Å². The summed E-state index contributed by atoms with van der Waals surface area (Å²) in [4.78, 5) is 26.5. The van der Waals surface area contributed by atoms with Crippen LogP contribution in [0.25, 0.3) is 0 Å². The maximum Gasteiger partial charge on any atom is 0.323 e. The van der Waals surface area contributed by atoms with Crippen molar-refractivity contribution in [3.8, 4) is 0 Å². The zero-order valence-electron chi connectivity index (χ0n) is 11.3. The van der Waals surface area contributed by atoms with Crippen LogP contribution in [0, 0.1) is 0 Å². The molecule has 0 radical (unpaired) electrons. The second-order valence-electron chi connectivity index (χ2n) is 4.58. The number of carbonyl (C=O) groups excluding carboxylic acids is 2. The van der Waals surface area contributed by atoms with Crippen molar-refractivity contribution >= 4 is 35.0 Å². The quantitative estimate of drug-likeness (QED) is 0.816. The van der Waals surface area contributed by atoms with E-state index < -0.39 is 12.0 Å². The predicted molar refractivity (Wildman–Crippen MR) is 80.8 cm³/mol. The Morgan fingerprint density at radius 2 is 2.40 bits per heavy atom. The van der Waals surface area contributed by atoms with Crippen molar-refractivity contribution in [1.82, 2.24) is 4.90 Å². The molecule has 0 fully saturated rings. The van der Waals surface area contributed by atoms with Gasteiger partial charge in [0.15, 0.2) is 0 Å². The van der Waals surface area contributed by atoms with Crippen LogP contribution in [0.2, 0.25) is 0 Å². The molecule has 0 aliphatic carbocycles. The minimum atomic E-state index is -0.664. The first-order chi connectivity index (χ1) is 9.61. The normalized spacial score (nSPS) is 15.6. The fourth-order valence-corrected chi connectivity index (χ4v) is 3.80. The Hall–Kier alpha value is -1.05. The highest BCUT2D eigenvalue weighted by Gasteiger charge is 2.22. The molecule has 0 spiro atoms. The molecule has 0 bridgehead atoms. The zero-order chi connectivity index (χ0) is 14.5. The maximum atomic E-state index is 12.1. The molecule has 1 aromatic heterocycles. The molecule has 110 valence electrons. The number of amides is 1. The van der Waals surface area contributed by atoms with Gasteiger partial charge in [0.2, 0.25) is 5.91 Å². The third kappa shape index (κ3) is 3.74. The number of nitrogens with two attached hydrogens (primary N) is 1. The van der Waals surface area contributed by atoms with E-state index in [4.69, 9.17) is 5.73 Å². The molecule has 2 heterocycles. The van der Waals surface area contributed by atoms with Crippen LogP contribution in [0.4, 0.5) is 0 Å². The molecule has 7 heteroatoms. The number of esters is 1. The van der Waals surface area contributed by atoms with Gasteiger partial charge in [0.1, 0.15) is 6.04 Å². The Morgan fingerprint density at radius 3 is 3.15 bits per heavy atom. The summed E-state index contributed by atoms with van der Waals surface area (Å²) >= 11 is 3.13. The van der Waals surface area contributed by atoms with Crippen LogP contribution in [0.15, 0.2) is 11.4 Å². The molecule has 1 unspecified atom stereocenters. The number of hydrogen-bond acceptors (Lipinski definition) is 6. The molecule has 1 aromatic rings. The lowest BCUT2D eigenvalue weighted by Crippen LogP contribution is -2.38. The fourth-order valence-electron chi connectivity index (χ4n) is 2.05. The van der Waals surface area contributed by atoms with E-state index in [2.05, 4.69) is 16.2 Å². The van der Waals surface area contributed by atoms with E-state index >= 15 is 0 Å². The van der Waals surface area contributed by atoms with Gasteiger partial charge in [0, 0.05) is 23.7 Å². The van der Waals surface area contributed by atoms with E-state index in [9.17, 15) is 9.59 Å². The van der Waals surface area contributed by atoms with Gasteiger partial charge in [-0.05, 0) is 23.4 Å². The number of thiophene rings is 1. The Labute approximate surface area is 126 Å². The highest BCUT2D eigenvalue weighted by Crippen LogP contribution is 2.24. The van der Waals surface area contributed by atoms with Crippen LogP contribution < -0.4 is 5.73 Å². The minimum absolute atomic E-state index is 0.101. The maximum absolute atomic E-state index is 12.1. The van der Waals surface area contributed by atoms with Gasteiger partial charge in [0.25, 0.3) is 0 Å². The first-order valence-corrected chi connectivity index (χ1v) is 8.39. The van der Waals surface area contributed by atoms with E-state index in [0.717, 1.165) is 13.0 Å². The van der Waals surface area contributed by atoms with Gasteiger partial charge in [-0.2, -0.15) is 0 Å². The monoisotopic (exact) mass is 314 g/mol. The number of hydrogen-bond donors (Lipinski definition) is 1. The van der Waals surface area contributed by atoms with Crippen molar-refractivity contribution in [1.29, 1.82) is 0 Å². The summed E-state index contributed by atoms with van der Waals surface area (Å²) in [5, 5.41) is 2.07. The molecule has 1 amide bonds. The second-order valence-corrected chi connectivity index (χ2v) is 6.61. The summed E-state index contributed by atoms with van der Waals surface area (Å²) in [6.45, 7) is 1.47. The van der Waals surface area contributed by atoms with Crippen LogP contribution >= 0.6 is 23.1 Å². The summed E-state index contributed by atoms with van der Waals surface area (Å²) in [6.07, 6.45) is 0.936. The van der Waals surface area contributed by atoms with Gasteiger partial charge >= 0.3 is 5.97 Å². The number of ether oxygens (including phenoxy) is 1. The lowest BCUT2D eigenvalue weighted by molar-refractivity contribution is -0.141. The van der Waals surface area contributed by atoms with Gasteiger partial charge < -0.3 is 15.4 Å². The van der Waals surface area contributed by atoms with Crippen molar-refractivity contribution in [3.63, 3.8) is 0 Å². The average Bonchev–Trinajstić information content (AvgIpc) is 2.93. The highest BCUT2D eigenvalue weighted by molar-refractivity contribution is 8.00. The largest absolute Gasteiger partial charge is 0.468 e. The lowest BCUT2D eigenvalue weighted by atomic mass is 10.1. The summed E-state index contributed by atoms with van der Waals surface area (Å²) in [5.41, 5.74) is 6.88. The van der Waals surface area contributed by atoms with E-state index in [1.807, 2.05) is 4.90 Å². The van der Waals surface area contributed by atoms with Crippen LogP contribution in [0.3, 0.4) is 0 Å². The van der Waals surface area contributed by atoms with Crippen molar-refractivity contribution in [2.24, 2.45) is 5.73 Å². The molecular formula is C13H18N2O3S2. The van der Waals surface area contributed by atoms with Crippen molar-refractivity contribution in [2.45, 2.75) is 19.0 Å². The molecule has 5 nitrogen and oxygen atoms in total. The Bertz CT molecular complexity index is 490. The van der Waals surface area contributed by atoms with Crippen LogP contribution in [0.1, 0.15) is 10.4 Å². The van der Waals surface area contributed by atoms with Crippen LogP contribution in [0.5, 0.6) is 0 Å². The Morgan fingerprint density at radius 1 is 1.60 bits per heavy atom. The smallest absolute Gasteiger partial charge is 0.323 e. The average molecular weight is 314 g/mol. The molecule has 1 aliphatic heterocycles. The number of rotatable bonds is 5. The molecule has 2 rings (SSSR count). The van der Waals surface area contributed by atoms with E-state index in [1.54, 1.807) is 11.3 Å². The van der Waals surface area contributed by atoms with E-state index in [1.165, 1.54) is 29.3 Å². The highest BCUT2D eigenvalue weighted by atomic mass is 32.2. The minimum Gasteiger partial charge on any atom is -0.468 e. The molecule has 0 saturated carbocycles. The summed E-state index contributed by atoms with van der Waals surface area (Å²) in [7, 11) is 1.31. The molecule has 1 atom stereocenters. The first kappa shape index (κ1) is 15.3. The fraction of sp³-hybridized carbons (Fsp3) is 0.538. The number of methoxy groups -OCH3 is 1. The van der Waals surface area contributed by atoms with Gasteiger partial charge in [-0.25, -0.2) is 0 Å². The summed E-state index contributed by atoms with van der Waals surface area (Å²) < 4.78 is 4.54. The first-order valence-electron chi connectivity index (χ1n) is 6.36. The lowest BCUT2D eigenvalue weighted by Gasteiger charge is -2.27. The number of nitrogens with zero attached hydrogens (tertiary/aromatic N) is 1. The Kier molecular flexibility index (Phi) is 5.45. The van der Waals surface area contributed by atoms with Crippen molar-refractivity contribution in [3.05, 3.63) is 21.9 Å². The third-order valence-corrected chi connectivity index (χ3v) is 5.26. The standard InChI is InChI=1S/C13H18N2O3S2/c1-18-13(17)10(14)7-19-8-12(16)15-4-2-11-9(6-15)3-5-20-11/h3,5,10H,2,4,6-8,14H2,1H3. The molecule has 20 heavy (non-hydrogen) atoms. The third-order valence-electron chi connectivity index (χ3n) is 3.19. The number of thioether (sulfide) groups is 1. The second kappa shape index (κ2) is 7.10. The van der Waals surface area contributed by atoms with Gasteiger partial charge in [-0.15, -0.1) is 23.1 Å². The van der Waals surface area contributed by atoms with Crippen molar-refractivity contribution < 1.29 is 14.3 Å². The van der Waals surface area contributed by atoms with Gasteiger partial charge in [-0.3, -0.25) is 9.59 Å². The number of fused-ring (bicyclic) bond motifs is 1. The summed E-state index contributed by atoms with van der Waals surface area (Å²) in [5.74, 6) is 0.412. The molecular weight excluding hydrogens is 296 g/mol. The van der Waals surface area contributed by atoms with Crippen LogP contribution in [-0.2, 0) is 27.3 Å².